The molecular formula is C28H29NO5. The molecule has 3 aromatic carbocycles. The molecule has 0 saturated heterocycles. The summed E-state index contributed by atoms with van der Waals surface area (Å²) in [5, 5.41) is 2.79. The molecule has 1 N–H and O–H groups in total. The first-order valence-corrected chi connectivity index (χ1v) is 11.1. The lowest BCUT2D eigenvalue weighted by Crippen LogP contribution is -2.45. The van der Waals surface area contributed by atoms with E-state index in [1.165, 1.54) is 14.2 Å². The first-order valence-electron chi connectivity index (χ1n) is 11.1. The van der Waals surface area contributed by atoms with E-state index in [4.69, 9.17) is 4.74 Å². The summed E-state index contributed by atoms with van der Waals surface area (Å²) in [6.45, 7) is 0. The van der Waals surface area contributed by atoms with Crippen molar-refractivity contribution in [3.63, 3.8) is 0 Å². The van der Waals surface area contributed by atoms with Crippen LogP contribution in [0.5, 0.6) is 0 Å². The Morgan fingerprint density at radius 2 is 1.18 bits per heavy atom. The third-order valence-electron chi connectivity index (χ3n) is 5.91. The third kappa shape index (κ3) is 5.70. The van der Waals surface area contributed by atoms with E-state index < -0.39 is 23.4 Å². The molecule has 0 saturated carbocycles. The highest BCUT2D eigenvalue weighted by Gasteiger charge is 2.39. The monoisotopic (exact) mass is 459 g/mol. The first kappa shape index (κ1) is 24.7. The van der Waals surface area contributed by atoms with Crippen molar-refractivity contribution in [3.05, 3.63) is 108 Å². The Balaban J connectivity index is 2.02. The van der Waals surface area contributed by atoms with Gasteiger partial charge in [-0.3, -0.25) is 9.59 Å². The average Bonchev–Trinajstić information content (AvgIpc) is 2.90. The number of nitrogens with one attached hydrogen (secondary N) is 1. The Morgan fingerprint density at radius 3 is 1.56 bits per heavy atom. The van der Waals surface area contributed by atoms with Crippen LogP contribution in [-0.4, -0.2) is 38.1 Å². The smallest absolute Gasteiger partial charge is 0.328 e. The Labute approximate surface area is 199 Å². The molecule has 3 aromatic rings. The van der Waals surface area contributed by atoms with Crippen LogP contribution in [0.25, 0.3) is 0 Å². The minimum atomic E-state index is -0.961. The number of carbonyl (C=O) groups is 3. The second kappa shape index (κ2) is 11.8. The number of ether oxygens (including phenoxy) is 2. The lowest BCUT2D eigenvalue weighted by atomic mass is 9.67. The van der Waals surface area contributed by atoms with Crippen LogP contribution in [0.3, 0.4) is 0 Å². The van der Waals surface area contributed by atoms with Crippen LogP contribution in [0, 0.1) is 0 Å². The predicted octanol–water partition coefficient (Wildman–Crippen LogP) is 4.02. The number of esters is 2. The van der Waals surface area contributed by atoms with Crippen LogP contribution in [0.1, 0.15) is 36.0 Å². The lowest BCUT2D eigenvalue weighted by Gasteiger charge is -2.36. The molecule has 1 amide bonds. The maximum absolute atomic E-state index is 13.5. The number of benzene rings is 3. The van der Waals surface area contributed by atoms with Gasteiger partial charge in [-0.2, -0.15) is 0 Å². The van der Waals surface area contributed by atoms with E-state index in [0.717, 1.165) is 16.7 Å². The molecule has 0 aromatic heterocycles. The van der Waals surface area contributed by atoms with Gasteiger partial charge in [0.2, 0.25) is 5.91 Å². The summed E-state index contributed by atoms with van der Waals surface area (Å²) in [6.07, 6.45) is 0.120. The molecule has 0 aliphatic heterocycles. The highest BCUT2D eigenvalue weighted by Crippen LogP contribution is 2.42. The topological polar surface area (TPSA) is 81.7 Å². The highest BCUT2D eigenvalue weighted by atomic mass is 16.5. The van der Waals surface area contributed by atoms with E-state index in [2.05, 4.69) is 10.1 Å². The number of rotatable bonds is 10. The molecule has 6 nitrogen and oxygen atoms in total. The van der Waals surface area contributed by atoms with Crippen molar-refractivity contribution in [2.75, 3.05) is 14.2 Å². The number of methoxy groups -OCH3 is 2. The van der Waals surface area contributed by atoms with Crippen molar-refractivity contribution in [1.82, 2.24) is 5.32 Å². The van der Waals surface area contributed by atoms with Gasteiger partial charge in [-0.1, -0.05) is 91.0 Å². The number of amides is 1. The van der Waals surface area contributed by atoms with Crippen molar-refractivity contribution < 1.29 is 23.9 Å². The van der Waals surface area contributed by atoms with Gasteiger partial charge in [0.25, 0.3) is 0 Å². The molecule has 0 fully saturated rings. The van der Waals surface area contributed by atoms with E-state index in [1.54, 1.807) is 0 Å². The van der Waals surface area contributed by atoms with Gasteiger partial charge in [-0.05, 0) is 23.1 Å². The van der Waals surface area contributed by atoms with Gasteiger partial charge in [0.15, 0.2) is 0 Å². The largest absolute Gasteiger partial charge is 0.469 e. The summed E-state index contributed by atoms with van der Waals surface area (Å²) in [4.78, 5) is 37.4. The molecule has 34 heavy (non-hydrogen) atoms. The zero-order chi connectivity index (χ0) is 24.4. The van der Waals surface area contributed by atoms with Gasteiger partial charge in [0.05, 0.1) is 19.6 Å². The van der Waals surface area contributed by atoms with Crippen molar-refractivity contribution >= 4 is 17.8 Å². The van der Waals surface area contributed by atoms with Crippen LogP contribution in [0.15, 0.2) is 91.0 Å². The van der Waals surface area contributed by atoms with E-state index in [1.807, 2.05) is 91.0 Å². The predicted molar refractivity (Wildman–Crippen MR) is 129 cm³/mol. The van der Waals surface area contributed by atoms with Crippen LogP contribution >= 0.6 is 0 Å². The summed E-state index contributed by atoms with van der Waals surface area (Å²) in [5.41, 5.74) is 2.06. The summed E-state index contributed by atoms with van der Waals surface area (Å²) in [6, 6.07) is 28.5. The van der Waals surface area contributed by atoms with Crippen LogP contribution < -0.4 is 5.32 Å². The molecule has 1 atom stereocenters. The summed E-state index contributed by atoms with van der Waals surface area (Å²) in [7, 11) is 2.53. The molecule has 0 heterocycles. The van der Waals surface area contributed by atoms with Gasteiger partial charge in [0, 0.05) is 12.8 Å². The third-order valence-corrected chi connectivity index (χ3v) is 5.91. The quantitative estimate of drug-likeness (QED) is 0.366. The second-order valence-corrected chi connectivity index (χ2v) is 7.94. The zero-order valence-corrected chi connectivity index (χ0v) is 19.4. The fraction of sp³-hybridized carbons (Fsp3) is 0.250. The minimum Gasteiger partial charge on any atom is -0.469 e. The SMILES string of the molecule is COC(=O)CC[C@H](NC(=O)CC(c1ccccc1)(c1ccccc1)c1ccccc1)C(=O)OC. The zero-order valence-electron chi connectivity index (χ0n) is 19.4. The molecule has 176 valence electrons. The average molecular weight is 460 g/mol. The second-order valence-electron chi connectivity index (χ2n) is 7.94. The molecule has 0 radical (unpaired) electrons. The van der Waals surface area contributed by atoms with Gasteiger partial charge in [0.1, 0.15) is 6.04 Å². The summed E-state index contributed by atoms with van der Waals surface area (Å²) < 4.78 is 9.53. The van der Waals surface area contributed by atoms with Crippen LogP contribution in [-0.2, 0) is 29.3 Å². The molecular weight excluding hydrogens is 430 g/mol. The van der Waals surface area contributed by atoms with E-state index >= 15 is 0 Å². The maximum Gasteiger partial charge on any atom is 0.328 e. The molecule has 0 spiro atoms. The number of hydrogen-bond donors (Lipinski definition) is 1. The number of carbonyl (C=O) groups excluding carboxylic acids is 3. The fourth-order valence-corrected chi connectivity index (χ4v) is 4.22. The van der Waals surface area contributed by atoms with Crippen LogP contribution in [0.4, 0.5) is 0 Å². The van der Waals surface area contributed by atoms with Gasteiger partial charge < -0.3 is 14.8 Å². The maximum atomic E-state index is 13.5. The fourth-order valence-electron chi connectivity index (χ4n) is 4.22. The van der Waals surface area contributed by atoms with E-state index in [-0.39, 0.29) is 25.2 Å². The molecule has 0 aliphatic rings. The van der Waals surface area contributed by atoms with Crippen LogP contribution in [0.2, 0.25) is 0 Å². The Bertz CT molecular complexity index is 987. The van der Waals surface area contributed by atoms with Gasteiger partial charge in [-0.25, -0.2) is 4.79 Å². The molecule has 3 rings (SSSR count). The summed E-state index contributed by atoms with van der Waals surface area (Å²) in [5.74, 6) is -1.41. The Morgan fingerprint density at radius 1 is 0.735 bits per heavy atom. The number of hydrogen-bond acceptors (Lipinski definition) is 5. The van der Waals surface area contributed by atoms with Gasteiger partial charge in [-0.15, -0.1) is 0 Å². The molecule has 6 heteroatoms. The van der Waals surface area contributed by atoms with Gasteiger partial charge >= 0.3 is 11.9 Å². The highest BCUT2D eigenvalue weighted by molar-refractivity contribution is 5.86. The van der Waals surface area contributed by atoms with Crippen molar-refractivity contribution in [2.45, 2.75) is 30.7 Å². The molecule has 0 unspecified atom stereocenters. The van der Waals surface area contributed by atoms with Crippen molar-refractivity contribution in [2.24, 2.45) is 0 Å². The normalized spacial score (nSPS) is 11.8. The first-order chi connectivity index (χ1) is 16.5. The van der Waals surface area contributed by atoms with Crippen molar-refractivity contribution in [3.8, 4) is 0 Å². The standard InChI is InChI=1S/C28H29NO5/c1-33-26(31)19-18-24(27(32)34-2)29-25(30)20-28(21-12-6-3-7-13-21,22-14-8-4-9-15-22)23-16-10-5-11-17-23/h3-17,24H,18-20H2,1-2H3,(H,29,30)/t24-/m0/s1. The Hall–Kier alpha value is -3.93. The molecule has 0 bridgehead atoms. The summed E-state index contributed by atoms with van der Waals surface area (Å²) >= 11 is 0. The lowest BCUT2D eigenvalue weighted by molar-refractivity contribution is -0.146. The Kier molecular flexibility index (Phi) is 8.57. The van der Waals surface area contributed by atoms with E-state index in [9.17, 15) is 14.4 Å². The van der Waals surface area contributed by atoms with E-state index in [0.29, 0.717) is 0 Å². The molecule has 0 aliphatic carbocycles. The minimum absolute atomic E-state index is 0.0161. The van der Waals surface area contributed by atoms with Crippen molar-refractivity contribution in [1.29, 1.82) is 0 Å².